The molecule has 144 valence electrons. The van der Waals surface area contributed by atoms with Crippen LogP contribution in [0.25, 0.3) is 5.69 Å². The number of carbonyl (C=O) groups is 1. The topological polar surface area (TPSA) is 94.7 Å². The fraction of sp³-hybridized carbons (Fsp3) is 0.316. The van der Waals surface area contributed by atoms with E-state index in [4.69, 9.17) is 0 Å². The third-order valence-electron chi connectivity index (χ3n) is 4.97. The van der Waals surface area contributed by atoms with Gasteiger partial charge in [0.05, 0.1) is 17.1 Å². The van der Waals surface area contributed by atoms with Gasteiger partial charge in [-0.1, -0.05) is 5.21 Å². The van der Waals surface area contributed by atoms with Crippen molar-refractivity contribution in [1.82, 2.24) is 30.1 Å². The summed E-state index contributed by atoms with van der Waals surface area (Å²) in [6.45, 7) is 1.74. The third kappa shape index (κ3) is 3.30. The zero-order valence-electron chi connectivity index (χ0n) is 15.5. The average molecular weight is 382 g/mol. The largest absolute Gasteiger partial charge is 0.348 e. The Labute approximate surface area is 160 Å². The molecule has 1 aliphatic carbocycles. The maximum Gasteiger partial charge on any atom is 0.273 e. The maximum absolute atomic E-state index is 13.1. The van der Waals surface area contributed by atoms with Gasteiger partial charge in [0.15, 0.2) is 5.69 Å². The Hall–Kier alpha value is -3.36. The van der Waals surface area contributed by atoms with Crippen LogP contribution in [0.2, 0.25) is 0 Å². The highest BCUT2D eigenvalue weighted by Gasteiger charge is 2.25. The van der Waals surface area contributed by atoms with E-state index >= 15 is 0 Å². The molecule has 1 aromatic carbocycles. The fourth-order valence-corrected chi connectivity index (χ4v) is 3.43. The molecule has 1 aliphatic rings. The van der Waals surface area contributed by atoms with Crippen molar-refractivity contribution in [2.75, 3.05) is 0 Å². The van der Waals surface area contributed by atoms with Crippen molar-refractivity contribution in [3.8, 4) is 5.69 Å². The molecule has 3 aromatic rings. The highest BCUT2D eigenvalue weighted by atomic mass is 19.1. The molecular weight excluding hydrogens is 363 g/mol. The zero-order valence-corrected chi connectivity index (χ0v) is 15.5. The van der Waals surface area contributed by atoms with Crippen LogP contribution in [-0.4, -0.2) is 36.7 Å². The molecular formula is C19H19FN6O2. The van der Waals surface area contributed by atoms with Gasteiger partial charge in [-0.3, -0.25) is 9.59 Å². The Balaban J connectivity index is 1.51. The number of aromatic nitrogens is 5. The summed E-state index contributed by atoms with van der Waals surface area (Å²) in [5, 5.41) is 15.3. The van der Waals surface area contributed by atoms with E-state index < -0.39 is 0 Å². The van der Waals surface area contributed by atoms with E-state index in [1.165, 1.54) is 21.5 Å². The van der Waals surface area contributed by atoms with E-state index in [0.29, 0.717) is 24.2 Å². The summed E-state index contributed by atoms with van der Waals surface area (Å²) >= 11 is 0. The Morgan fingerprint density at radius 2 is 2.04 bits per heavy atom. The molecule has 0 radical (unpaired) electrons. The highest BCUT2D eigenvalue weighted by molar-refractivity contribution is 5.93. The van der Waals surface area contributed by atoms with Crippen LogP contribution in [0.3, 0.4) is 0 Å². The van der Waals surface area contributed by atoms with Crippen LogP contribution < -0.4 is 10.9 Å². The zero-order chi connectivity index (χ0) is 19.8. The number of hydrogen-bond donors (Lipinski definition) is 1. The number of fused-ring (bicyclic) bond motifs is 1. The number of aryl methyl sites for hydroxylation is 2. The van der Waals surface area contributed by atoms with E-state index in [2.05, 4.69) is 20.7 Å². The van der Waals surface area contributed by atoms with Gasteiger partial charge in [0.25, 0.3) is 11.5 Å². The second-order valence-electron chi connectivity index (χ2n) is 6.90. The predicted molar refractivity (Wildman–Crippen MR) is 98.8 cm³/mol. The molecule has 1 amide bonds. The number of amides is 1. The Kier molecular flexibility index (Phi) is 4.50. The molecule has 0 spiro atoms. The normalized spacial score (nSPS) is 15.9. The molecule has 1 N–H and O–H groups in total. The molecule has 1 atom stereocenters. The second kappa shape index (κ2) is 6.99. The first-order valence-corrected chi connectivity index (χ1v) is 8.97. The van der Waals surface area contributed by atoms with Crippen molar-refractivity contribution in [1.29, 1.82) is 0 Å². The lowest BCUT2D eigenvalue weighted by Gasteiger charge is -2.24. The van der Waals surface area contributed by atoms with Crippen molar-refractivity contribution in [2.45, 2.75) is 32.2 Å². The maximum atomic E-state index is 13.1. The first-order chi connectivity index (χ1) is 13.4. The van der Waals surface area contributed by atoms with Crippen molar-refractivity contribution in [2.24, 2.45) is 7.05 Å². The minimum absolute atomic E-state index is 0.107. The summed E-state index contributed by atoms with van der Waals surface area (Å²) in [6.07, 6.45) is 1.97. The van der Waals surface area contributed by atoms with Gasteiger partial charge < -0.3 is 5.32 Å². The lowest BCUT2D eigenvalue weighted by Crippen LogP contribution is -2.40. The van der Waals surface area contributed by atoms with Gasteiger partial charge in [0, 0.05) is 19.2 Å². The smallest absolute Gasteiger partial charge is 0.273 e. The lowest BCUT2D eigenvalue weighted by atomic mass is 9.92. The molecule has 0 saturated heterocycles. The second-order valence-corrected chi connectivity index (χ2v) is 6.90. The van der Waals surface area contributed by atoms with Crippen molar-refractivity contribution in [3.63, 3.8) is 0 Å². The Morgan fingerprint density at radius 3 is 2.79 bits per heavy atom. The molecule has 2 heterocycles. The van der Waals surface area contributed by atoms with Gasteiger partial charge in [0.2, 0.25) is 0 Å². The van der Waals surface area contributed by atoms with E-state index in [1.54, 1.807) is 32.2 Å². The van der Waals surface area contributed by atoms with Crippen molar-refractivity contribution >= 4 is 5.91 Å². The number of halogens is 1. The number of benzene rings is 1. The summed E-state index contributed by atoms with van der Waals surface area (Å²) in [4.78, 5) is 24.5. The van der Waals surface area contributed by atoms with E-state index in [9.17, 15) is 14.0 Å². The summed E-state index contributed by atoms with van der Waals surface area (Å²) < 4.78 is 15.9. The molecule has 0 unspecified atom stereocenters. The molecule has 4 rings (SSSR count). The molecule has 0 aliphatic heterocycles. The van der Waals surface area contributed by atoms with Crippen molar-refractivity contribution in [3.05, 3.63) is 69.1 Å². The molecule has 0 saturated carbocycles. The van der Waals surface area contributed by atoms with Crippen LogP contribution in [0.1, 0.15) is 33.9 Å². The van der Waals surface area contributed by atoms with Gasteiger partial charge in [0.1, 0.15) is 5.82 Å². The third-order valence-corrected chi connectivity index (χ3v) is 4.97. The summed E-state index contributed by atoms with van der Waals surface area (Å²) in [5.74, 6) is -0.669. The highest BCUT2D eigenvalue weighted by Crippen LogP contribution is 2.19. The van der Waals surface area contributed by atoms with E-state index in [-0.39, 0.29) is 29.0 Å². The van der Waals surface area contributed by atoms with Gasteiger partial charge in [-0.15, -0.1) is 5.10 Å². The first kappa shape index (κ1) is 18.0. The lowest BCUT2D eigenvalue weighted by molar-refractivity contribution is 0.0927. The van der Waals surface area contributed by atoms with Crippen LogP contribution in [0.5, 0.6) is 0 Å². The number of carbonyl (C=O) groups excluding carboxylic acids is 1. The van der Waals surface area contributed by atoms with Gasteiger partial charge >= 0.3 is 0 Å². The molecule has 0 fully saturated rings. The van der Waals surface area contributed by atoms with Gasteiger partial charge in [-0.05, 0) is 56.0 Å². The Morgan fingerprint density at radius 1 is 1.29 bits per heavy atom. The molecule has 0 bridgehead atoms. The molecule has 8 nitrogen and oxygen atoms in total. The van der Waals surface area contributed by atoms with Crippen LogP contribution >= 0.6 is 0 Å². The summed E-state index contributed by atoms with van der Waals surface area (Å²) in [6, 6.07) is 7.28. The van der Waals surface area contributed by atoms with Crippen molar-refractivity contribution < 1.29 is 9.18 Å². The number of nitrogens with zero attached hydrogens (tertiary/aromatic N) is 5. The summed E-state index contributed by atoms with van der Waals surface area (Å²) in [5.41, 5.74) is 3.01. The van der Waals surface area contributed by atoms with Crippen LogP contribution in [0.4, 0.5) is 4.39 Å². The SMILES string of the molecule is Cc1c(C(=O)N[C@H]2CCc3nn(C)c(=O)cc3C2)nnn1-c1ccc(F)cc1. The number of nitrogens with one attached hydrogen (secondary N) is 1. The molecule has 28 heavy (non-hydrogen) atoms. The molecule has 2 aromatic heterocycles. The van der Waals surface area contributed by atoms with Crippen LogP contribution in [0.15, 0.2) is 35.1 Å². The average Bonchev–Trinajstić information content (AvgIpc) is 3.05. The minimum atomic E-state index is -0.346. The first-order valence-electron chi connectivity index (χ1n) is 8.97. The number of hydrogen-bond acceptors (Lipinski definition) is 5. The standard InChI is InChI=1S/C19H19FN6O2/c1-11-18(22-24-26(11)15-6-3-13(20)4-7-15)19(28)21-14-5-8-16-12(9-14)10-17(27)25(2)23-16/h3-4,6-7,10,14H,5,8-9H2,1-2H3,(H,21,28)/t14-/m0/s1. The quantitative estimate of drug-likeness (QED) is 0.732. The fourth-order valence-electron chi connectivity index (χ4n) is 3.43. The van der Waals surface area contributed by atoms with E-state index in [1.807, 2.05) is 0 Å². The van der Waals surface area contributed by atoms with Gasteiger partial charge in [-0.2, -0.15) is 5.10 Å². The van der Waals surface area contributed by atoms with Crippen LogP contribution in [-0.2, 0) is 19.9 Å². The molecule has 9 heteroatoms. The number of rotatable bonds is 3. The monoisotopic (exact) mass is 382 g/mol. The van der Waals surface area contributed by atoms with Gasteiger partial charge in [-0.25, -0.2) is 13.8 Å². The van der Waals surface area contributed by atoms with Crippen LogP contribution in [0, 0.1) is 12.7 Å². The van der Waals surface area contributed by atoms with E-state index in [0.717, 1.165) is 17.7 Å². The Bertz CT molecular complexity index is 1100. The summed E-state index contributed by atoms with van der Waals surface area (Å²) in [7, 11) is 1.63. The minimum Gasteiger partial charge on any atom is -0.348 e. The predicted octanol–water partition coefficient (Wildman–Crippen LogP) is 1.10.